The summed E-state index contributed by atoms with van der Waals surface area (Å²) in [5, 5.41) is 0. The lowest BCUT2D eigenvalue weighted by Gasteiger charge is -2.44. The van der Waals surface area contributed by atoms with Crippen molar-refractivity contribution >= 4 is 11.6 Å². The van der Waals surface area contributed by atoms with Gasteiger partial charge in [-0.05, 0) is 30.1 Å². The van der Waals surface area contributed by atoms with Crippen LogP contribution >= 0.6 is 0 Å². The molecule has 2 rings (SSSR count). The number of carbonyl (C=O) groups is 2. The molecular formula is C15H24O2. The number of hydrogen-bond donors (Lipinski definition) is 0. The van der Waals surface area contributed by atoms with Crippen molar-refractivity contribution in [1.29, 1.82) is 0 Å². The number of carbonyl (C=O) groups excluding carboxylic acids is 2. The quantitative estimate of drug-likeness (QED) is 0.700. The molecule has 0 aromatic carbocycles. The van der Waals surface area contributed by atoms with E-state index in [0.29, 0.717) is 36.2 Å². The third-order valence-electron chi connectivity index (χ3n) is 5.22. The minimum atomic E-state index is -0.00512. The molecule has 0 radical (unpaired) electrons. The maximum atomic E-state index is 12.2. The van der Waals surface area contributed by atoms with Gasteiger partial charge in [0.25, 0.3) is 0 Å². The largest absolute Gasteiger partial charge is 0.299 e. The highest BCUT2D eigenvalue weighted by Crippen LogP contribution is 2.56. The van der Waals surface area contributed by atoms with Crippen LogP contribution in [0.5, 0.6) is 0 Å². The molecule has 2 aliphatic rings. The van der Waals surface area contributed by atoms with Crippen LogP contribution in [0.25, 0.3) is 0 Å². The van der Waals surface area contributed by atoms with Gasteiger partial charge >= 0.3 is 0 Å². The smallest absolute Gasteiger partial charge is 0.137 e. The second-order valence-corrected chi connectivity index (χ2v) is 6.61. The summed E-state index contributed by atoms with van der Waals surface area (Å²) < 4.78 is 0. The van der Waals surface area contributed by atoms with Crippen molar-refractivity contribution in [1.82, 2.24) is 0 Å². The highest BCUT2D eigenvalue weighted by molar-refractivity contribution is 5.88. The van der Waals surface area contributed by atoms with Gasteiger partial charge in [0.1, 0.15) is 11.6 Å². The molecule has 1 unspecified atom stereocenters. The van der Waals surface area contributed by atoms with Gasteiger partial charge in [-0.2, -0.15) is 0 Å². The summed E-state index contributed by atoms with van der Waals surface area (Å²) >= 11 is 0. The van der Waals surface area contributed by atoms with Crippen LogP contribution in [0.4, 0.5) is 0 Å². The average molecular weight is 236 g/mol. The topological polar surface area (TPSA) is 34.1 Å². The van der Waals surface area contributed by atoms with E-state index in [1.165, 1.54) is 0 Å². The fourth-order valence-electron chi connectivity index (χ4n) is 4.21. The van der Waals surface area contributed by atoms with Crippen molar-refractivity contribution in [3.63, 3.8) is 0 Å². The minimum absolute atomic E-state index is 0.00512. The van der Waals surface area contributed by atoms with Crippen molar-refractivity contribution in [3.05, 3.63) is 0 Å². The van der Waals surface area contributed by atoms with Crippen molar-refractivity contribution in [2.24, 2.45) is 29.1 Å². The summed E-state index contributed by atoms with van der Waals surface area (Å²) in [6.07, 6.45) is 3.36. The van der Waals surface area contributed by atoms with Crippen molar-refractivity contribution in [2.45, 2.75) is 53.4 Å². The van der Waals surface area contributed by atoms with E-state index in [1.54, 1.807) is 0 Å². The maximum absolute atomic E-state index is 12.2. The van der Waals surface area contributed by atoms with Crippen LogP contribution in [-0.4, -0.2) is 11.6 Å². The van der Waals surface area contributed by atoms with E-state index >= 15 is 0 Å². The normalized spacial score (nSPS) is 42.8. The Morgan fingerprint density at radius 2 is 1.82 bits per heavy atom. The molecule has 2 fully saturated rings. The van der Waals surface area contributed by atoms with Crippen molar-refractivity contribution in [2.75, 3.05) is 0 Å². The number of rotatable bonds is 1. The Kier molecular flexibility index (Phi) is 3.17. The van der Waals surface area contributed by atoms with Gasteiger partial charge in [0.05, 0.1) is 0 Å². The molecule has 0 N–H and O–H groups in total. The van der Waals surface area contributed by atoms with Gasteiger partial charge < -0.3 is 0 Å². The minimum Gasteiger partial charge on any atom is -0.299 e. The van der Waals surface area contributed by atoms with Crippen LogP contribution in [0.15, 0.2) is 0 Å². The molecule has 2 nitrogen and oxygen atoms in total. The highest BCUT2D eigenvalue weighted by Gasteiger charge is 2.55. The van der Waals surface area contributed by atoms with Gasteiger partial charge in [-0.1, -0.05) is 27.7 Å². The van der Waals surface area contributed by atoms with Gasteiger partial charge in [0, 0.05) is 24.7 Å². The Labute approximate surface area is 104 Å². The molecule has 1 spiro atoms. The highest BCUT2D eigenvalue weighted by atomic mass is 16.1. The van der Waals surface area contributed by atoms with E-state index in [4.69, 9.17) is 0 Å². The van der Waals surface area contributed by atoms with E-state index in [9.17, 15) is 9.59 Å². The monoisotopic (exact) mass is 236 g/mol. The number of Topliss-reactive ketones (excluding diaryl/α,β-unsaturated/α-hetero) is 2. The van der Waals surface area contributed by atoms with Gasteiger partial charge in [-0.25, -0.2) is 0 Å². The van der Waals surface area contributed by atoms with Crippen molar-refractivity contribution in [3.8, 4) is 0 Å². The Bertz CT molecular complexity index is 345. The van der Waals surface area contributed by atoms with E-state index in [2.05, 4.69) is 20.8 Å². The summed E-state index contributed by atoms with van der Waals surface area (Å²) in [5.74, 6) is 1.86. The van der Waals surface area contributed by atoms with Gasteiger partial charge in [-0.3, -0.25) is 9.59 Å². The molecule has 0 aromatic heterocycles. The summed E-state index contributed by atoms with van der Waals surface area (Å²) in [7, 11) is 0. The van der Waals surface area contributed by atoms with E-state index in [-0.39, 0.29) is 17.3 Å². The van der Waals surface area contributed by atoms with Crippen LogP contribution in [-0.2, 0) is 9.59 Å². The molecule has 0 heterocycles. The molecule has 17 heavy (non-hydrogen) atoms. The molecule has 2 heteroatoms. The van der Waals surface area contributed by atoms with Crippen LogP contribution in [0.3, 0.4) is 0 Å². The van der Waals surface area contributed by atoms with E-state index in [1.807, 2.05) is 6.92 Å². The average Bonchev–Trinajstić information content (AvgIpc) is 2.45. The van der Waals surface area contributed by atoms with E-state index in [0.717, 1.165) is 12.8 Å². The third-order valence-corrected chi connectivity index (χ3v) is 5.22. The zero-order valence-corrected chi connectivity index (χ0v) is 11.5. The standard InChI is InChI=1S/C15H24O2/c1-9(2)14-12(16)7-11(4)15(14)6-5-10(3)13(17)8-15/h9-11,14H,5-8H2,1-4H3/t10?,11-,14-,15-/m0/s1. The summed E-state index contributed by atoms with van der Waals surface area (Å²) in [5.41, 5.74) is -0.00512. The lowest BCUT2D eigenvalue weighted by molar-refractivity contribution is -0.133. The Morgan fingerprint density at radius 1 is 1.18 bits per heavy atom. The van der Waals surface area contributed by atoms with Crippen LogP contribution < -0.4 is 0 Å². The summed E-state index contributed by atoms with van der Waals surface area (Å²) in [6, 6.07) is 0. The molecule has 0 saturated heterocycles. The number of ketones is 2. The van der Waals surface area contributed by atoms with Gasteiger partial charge in [0.2, 0.25) is 0 Å². The fraction of sp³-hybridized carbons (Fsp3) is 0.867. The molecule has 0 aliphatic heterocycles. The maximum Gasteiger partial charge on any atom is 0.137 e. The van der Waals surface area contributed by atoms with Gasteiger partial charge in [-0.15, -0.1) is 0 Å². The lowest BCUT2D eigenvalue weighted by atomic mass is 9.59. The van der Waals surface area contributed by atoms with Gasteiger partial charge in [0.15, 0.2) is 0 Å². The Morgan fingerprint density at radius 3 is 2.35 bits per heavy atom. The van der Waals surface area contributed by atoms with Crippen molar-refractivity contribution < 1.29 is 9.59 Å². The molecular weight excluding hydrogens is 212 g/mol. The molecule has 0 amide bonds. The molecule has 4 atom stereocenters. The predicted molar refractivity (Wildman–Crippen MR) is 67.6 cm³/mol. The Hall–Kier alpha value is -0.660. The molecule has 96 valence electrons. The molecule has 2 aliphatic carbocycles. The predicted octanol–water partition coefficient (Wildman–Crippen LogP) is 3.24. The first-order valence-corrected chi connectivity index (χ1v) is 6.94. The summed E-state index contributed by atoms with van der Waals surface area (Å²) in [4.78, 5) is 24.2. The SMILES string of the molecule is CC1CC[C@@]2(CC1=O)[C@@H](C(C)C)C(=O)C[C@@H]2C. The van der Waals surface area contributed by atoms with Crippen LogP contribution in [0.1, 0.15) is 53.4 Å². The second-order valence-electron chi connectivity index (χ2n) is 6.61. The zero-order chi connectivity index (χ0) is 12.8. The first kappa shape index (κ1) is 12.8. The first-order chi connectivity index (χ1) is 7.88. The Balaban J connectivity index is 2.33. The summed E-state index contributed by atoms with van der Waals surface area (Å²) in [6.45, 7) is 8.46. The van der Waals surface area contributed by atoms with Crippen LogP contribution in [0.2, 0.25) is 0 Å². The lowest BCUT2D eigenvalue weighted by Crippen LogP contribution is -2.42. The molecule has 0 bridgehead atoms. The molecule has 2 saturated carbocycles. The van der Waals surface area contributed by atoms with Crippen LogP contribution in [0, 0.1) is 29.1 Å². The van der Waals surface area contributed by atoms with E-state index < -0.39 is 0 Å². The zero-order valence-electron chi connectivity index (χ0n) is 11.5. The fourth-order valence-corrected chi connectivity index (χ4v) is 4.21. The molecule has 0 aromatic rings. The number of hydrogen-bond acceptors (Lipinski definition) is 2. The third kappa shape index (κ3) is 1.86. The first-order valence-electron chi connectivity index (χ1n) is 6.94. The second kappa shape index (κ2) is 4.22.